The van der Waals surface area contributed by atoms with Crippen LogP contribution in [0.5, 0.6) is 0 Å². The van der Waals surface area contributed by atoms with Crippen LogP contribution in [0.1, 0.15) is 53.9 Å². The molecule has 0 aliphatic rings. The van der Waals surface area contributed by atoms with Crippen molar-refractivity contribution < 1.29 is 24.2 Å². The minimum atomic E-state index is -1.17. The van der Waals surface area contributed by atoms with E-state index in [1.54, 1.807) is 20.8 Å². The number of guanidine groups is 1. The second-order valence-corrected chi connectivity index (χ2v) is 7.68. The number of aliphatic imine (C=N–C) groups is 1. The summed E-state index contributed by atoms with van der Waals surface area (Å²) < 4.78 is 5.17. The lowest BCUT2D eigenvalue weighted by Crippen LogP contribution is -2.52. The Morgan fingerprint density at radius 1 is 1.11 bits per heavy atom. The van der Waals surface area contributed by atoms with Crippen LogP contribution in [0.2, 0.25) is 0 Å². The summed E-state index contributed by atoms with van der Waals surface area (Å²) in [6, 6.07) is -2.01. The van der Waals surface area contributed by atoms with Crippen LogP contribution in [0.25, 0.3) is 0 Å². The number of amides is 2. The molecule has 0 spiro atoms. The lowest BCUT2D eigenvalue weighted by molar-refractivity contribution is -0.142. The minimum absolute atomic E-state index is 0.0792. The molecule has 0 aliphatic carbocycles. The Morgan fingerprint density at radius 3 is 2.15 bits per heavy atom. The maximum atomic E-state index is 12.5. The lowest BCUT2D eigenvalue weighted by atomic mass is 10.0. The number of aliphatic carboxylic acids is 1. The van der Waals surface area contributed by atoms with Gasteiger partial charge in [0.25, 0.3) is 0 Å². The van der Waals surface area contributed by atoms with Crippen molar-refractivity contribution in [2.24, 2.45) is 22.4 Å². The van der Waals surface area contributed by atoms with Crippen molar-refractivity contribution >= 4 is 23.9 Å². The van der Waals surface area contributed by atoms with Gasteiger partial charge in [-0.2, -0.15) is 0 Å². The number of carboxylic acid groups (broad SMARTS) is 1. The van der Waals surface area contributed by atoms with Gasteiger partial charge in [-0.25, -0.2) is 9.59 Å². The summed E-state index contributed by atoms with van der Waals surface area (Å²) in [5, 5.41) is 14.3. The quantitative estimate of drug-likeness (QED) is 0.207. The van der Waals surface area contributed by atoms with Crippen molar-refractivity contribution in [1.82, 2.24) is 10.6 Å². The largest absolute Gasteiger partial charge is 0.480 e. The smallest absolute Gasteiger partial charge is 0.408 e. The van der Waals surface area contributed by atoms with Gasteiger partial charge in [0.05, 0.1) is 0 Å². The summed E-state index contributed by atoms with van der Waals surface area (Å²) >= 11 is 0. The van der Waals surface area contributed by atoms with Crippen molar-refractivity contribution in [2.45, 2.75) is 71.6 Å². The SMILES string of the molecule is CC(C)CC(NC(=O)OC(C)(C)C)C(=O)NC(CCCN=C(N)N)C(=O)O. The molecule has 0 saturated carbocycles. The van der Waals surface area contributed by atoms with Gasteiger partial charge in [0.15, 0.2) is 5.96 Å². The fourth-order valence-electron chi connectivity index (χ4n) is 2.19. The first-order valence-electron chi connectivity index (χ1n) is 8.90. The molecule has 0 aromatic rings. The number of nitrogens with two attached hydrogens (primary N) is 2. The van der Waals surface area contributed by atoms with Crippen molar-refractivity contribution in [2.75, 3.05) is 6.54 Å². The normalized spacial score (nSPS) is 13.4. The van der Waals surface area contributed by atoms with Gasteiger partial charge in [0.1, 0.15) is 17.7 Å². The number of ether oxygens (including phenoxy) is 1. The van der Waals surface area contributed by atoms with E-state index in [0.29, 0.717) is 12.8 Å². The third-order valence-corrected chi connectivity index (χ3v) is 3.27. The van der Waals surface area contributed by atoms with E-state index in [-0.39, 0.29) is 24.8 Å². The zero-order chi connectivity index (χ0) is 21.2. The first-order chi connectivity index (χ1) is 12.3. The van der Waals surface area contributed by atoms with Crippen molar-refractivity contribution in [3.63, 3.8) is 0 Å². The van der Waals surface area contributed by atoms with Gasteiger partial charge in [0.2, 0.25) is 5.91 Å². The Bertz CT molecular complexity index is 538. The number of hydrogen-bond donors (Lipinski definition) is 5. The Kier molecular flexibility index (Phi) is 10.2. The second kappa shape index (κ2) is 11.2. The molecule has 0 rings (SSSR count). The van der Waals surface area contributed by atoms with E-state index in [9.17, 15) is 19.5 Å². The van der Waals surface area contributed by atoms with E-state index in [0.717, 1.165) is 0 Å². The molecule has 7 N–H and O–H groups in total. The standard InChI is InChI=1S/C17H33N5O5/c1-10(2)9-12(22-16(26)27-17(3,4)5)13(23)21-11(14(24)25)7-6-8-20-15(18)19/h10-12H,6-9H2,1-5H3,(H,21,23)(H,22,26)(H,24,25)(H4,18,19,20). The maximum absolute atomic E-state index is 12.5. The maximum Gasteiger partial charge on any atom is 0.408 e. The molecule has 27 heavy (non-hydrogen) atoms. The second-order valence-electron chi connectivity index (χ2n) is 7.68. The molecule has 0 heterocycles. The Balaban J connectivity index is 4.93. The van der Waals surface area contributed by atoms with Gasteiger partial charge < -0.3 is 31.9 Å². The third-order valence-electron chi connectivity index (χ3n) is 3.27. The molecular formula is C17H33N5O5. The number of nitrogens with one attached hydrogen (secondary N) is 2. The molecule has 0 fully saturated rings. The van der Waals surface area contributed by atoms with E-state index in [1.807, 2.05) is 13.8 Å². The van der Waals surface area contributed by atoms with Gasteiger partial charge in [-0.3, -0.25) is 9.79 Å². The van der Waals surface area contributed by atoms with Gasteiger partial charge in [-0.1, -0.05) is 13.8 Å². The molecule has 2 unspecified atom stereocenters. The van der Waals surface area contributed by atoms with Crippen LogP contribution in [-0.4, -0.2) is 53.3 Å². The number of carbonyl (C=O) groups is 3. The highest BCUT2D eigenvalue weighted by Crippen LogP contribution is 2.10. The molecule has 2 amide bonds. The van der Waals surface area contributed by atoms with Crippen molar-refractivity contribution in [1.29, 1.82) is 0 Å². The summed E-state index contributed by atoms with van der Waals surface area (Å²) in [6.07, 6.45) is 0.135. The summed E-state index contributed by atoms with van der Waals surface area (Å²) in [4.78, 5) is 39.7. The van der Waals surface area contributed by atoms with E-state index >= 15 is 0 Å². The summed E-state index contributed by atoms with van der Waals surface area (Å²) in [5.74, 6) is -1.73. The fraction of sp³-hybridized carbons (Fsp3) is 0.765. The summed E-state index contributed by atoms with van der Waals surface area (Å²) in [6.45, 7) is 9.17. The van der Waals surface area contributed by atoms with Crippen molar-refractivity contribution in [3.8, 4) is 0 Å². The minimum Gasteiger partial charge on any atom is -0.480 e. The monoisotopic (exact) mass is 387 g/mol. The predicted molar refractivity (Wildman–Crippen MR) is 102 cm³/mol. The number of carbonyl (C=O) groups excluding carboxylic acids is 2. The number of alkyl carbamates (subject to hydrolysis) is 1. The van der Waals surface area contributed by atoms with Gasteiger partial charge in [0, 0.05) is 6.54 Å². The molecule has 0 bridgehead atoms. The number of carboxylic acids is 1. The third kappa shape index (κ3) is 12.5. The van der Waals surface area contributed by atoms with Gasteiger partial charge in [-0.05, 0) is 46.0 Å². The molecule has 0 radical (unpaired) electrons. The molecule has 10 nitrogen and oxygen atoms in total. The topological polar surface area (TPSA) is 169 Å². The molecular weight excluding hydrogens is 354 g/mol. The van der Waals surface area contributed by atoms with Gasteiger partial charge >= 0.3 is 12.1 Å². The molecule has 0 aliphatic heterocycles. The van der Waals surface area contributed by atoms with Crippen LogP contribution in [0.15, 0.2) is 4.99 Å². The Hall–Kier alpha value is -2.52. The van der Waals surface area contributed by atoms with Crippen LogP contribution in [0.4, 0.5) is 4.79 Å². The highest BCUT2D eigenvalue weighted by molar-refractivity contribution is 5.89. The van der Waals surface area contributed by atoms with Crippen LogP contribution in [0.3, 0.4) is 0 Å². The Morgan fingerprint density at radius 2 is 1.70 bits per heavy atom. The lowest BCUT2D eigenvalue weighted by Gasteiger charge is -2.25. The van der Waals surface area contributed by atoms with Crippen LogP contribution < -0.4 is 22.1 Å². The van der Waals surface area contributed by atoms with Crippen LogP contribution in [-0.2, 0) is 14.3 Å². The number of hydrogen-bond acceptors (Lipinski definition) is 5. The zero-order valence-electron chi connectivity index (χ0n) is 16.7. The average Bonchev–Trinajstić information content (AvgIpc) is 2.46. The average molecular weight is 387 g/mol. The summed E-state index contributed by atoms with van der Waals surface area (Å²) in [5.41, 5.74) is 9.72. The van der Waals surface area contributed by atoms with E-state index in [4.69, 9.17) is 16.2 Å². The van der Waals surface area contributed by atoms with Crippen LogP contribution in [0, 0.1) is 5.92 Å². The molecule has 0 aromatic carbocycles. The number of nitrogens with zero attached hydrogens (tertiary/aromatic N) is 1. The molecule has 0 saturated heterocycles. The van der Waals surface area contributed by atoms with E-state index in [2.05, 4.69) is 15.6 Å². The highest BCUT2D eigenvalue weighted by atomic mass is 16.6. The van der Waals surface area contributed by atoms with Gasteiger partial charge in [-0.15, -0.1) is 0 Å². The van der Waals surface area contributed by atoms with E-state index < -0.39 is 35.7 Å². The summed E-state index contributed by atoms with van der Waals surface area (Å²) in [7, 11) is 0. The first kappa shape index (κ1) is 24.5. The molecule has 2 atom stereocenters. The molecule has 10 heteroatoms. The van der Waals surface area contributed by atoms with Crippen LogP contribution >= 0.6 is 0 Å². The highest BCUT2D eigenvalue weighted by Gasteiger charge is 2.28. The van der Waals surface area contributed by atoms with Crippen molar-refractivity contribution in [3.05, 3.63) is 0 Å². The first-order valence-corrected chi connectivity index (χ1v) is 8.90. The Labute approximate surface area is 160 Å². The zero-order valence-corrected chi connectivity index (χ0v) is 16.7. The van der Waals surface area contributed by atoms with E-state index in [1.165, 1.54) is 0 Å². The molecule has 156 valence electrons. The molecule has 0 aromatic heterocycles. The fourth-order valence-corrected chi connectivity index (χ4v) is 2.19. The predicted octanol–water partition coefficient (Wildman–Crippen LogP) is 0.549. The number of rotatable bonds is 10.